The van der Waals surface area contributed by atoms with Crippen molar-refractivity contribution in [3.8, 4) is 17.2 Å². The first kappa shape index (κ1) is 13.7. The van der Waals surface area contributed by atoms with Gasteiger partial charge in [0.1, 0.15) is 0 Å². The monoisotopic (exact) mass is 279 g/mol. The Balaban J connectivity index is 2.47. The quantitative estimate of drug-likeness (QED) is 0.914. The third-order valence-corrected chi connectivity index (χ3v) is 3.65. The molecule has 4 nitrogen and oxygen atoms in total. The number of thiophene rings is 1. The Morgan fingerprint density at radius 2 is 1.63 bits per heavy atom. The van der Waals surface area contributed by atoms with Gasteiger partial charge in [0.25, 0.3) is 0 Å². The number of nitrogens with two attached hydrogens (primary N) is 1. The molecule has 102 valence electrons. The maximum absolute atomic E-state index is 6.25. The van der Waals surface area contributed by atoms with Crippen molar-refractivity contribution in [2.45, 2.75) is 6.04 Å². The summed E-state index contributed by atoms with van der Waals surface area (Å²) in [4.78, 5) is 0. The summed E-state index contributed by atoms with van der Waals surface area (Å²) in [6.07, 6.45) is 0. The molecule has 0 spiro atoms. The fourth-order valence-corrected chi connectivity index (χ4v) is 2.62. The predicted octanol–water partition coefficient (Wildman–Crippen LogP) is 2.82. The van der Waals surface area contributed by atoms with Gasteiger partial charge in [0, 0.05) is 0 Å². The fourth-order valence-electron chi connectivity index (χ4n) is 1.93. The summed E-state index contributed by atoms with van der Waals surface area (Å²) in [5.74, 6) is 1.80. The van der Waals surface area contributed by atoms with Crippen molar-refractivity contribution < 1.29 is 14.2 Å². The number of hydrogen-bond donors (Lipinski definition) is 1. The second-order valence-electron chi connectivity index (χ2n) is 3.99. The molecule has 19 heavy (non-hydrogen) atoms. The van der Waals surface area contributed by atoms with Crippen molar-refractivity contribution in [3.63, 3.8) is 0 Å². The lowest BCUT2D eigenvalue weighted by atomic mass is 10.0. The summed E-state index contributed by atoms with van der Waals surface area (Å²) in [5, 5.41) is 4.04. The van der Waals surface area contributed by atoms with Gasteiger partial charge in [-0.3, -0.25) is 0 Å². The molecule has 2 rings (SSSR count). The van der Waals surface area contributed by atoms with Crippen LogP contribution in [-0.4, -0.2) is 21.3 Å². The molecular formula is C14H17NO3S. The van der Waals surface area contributed by atoms with E-state index in [4.69, 9.17) is 19.9 Å². The average molecular weight is 279 g/mol. The lowest BCUT2D eigenvalue weighted by Gasteiger charge is -2.17. The molecule has 2 aromatic rings. The summed E-state index contributed by atoms with van der Waals surface area (Å²) in [6.45, 7) is 0. The van der Waals surface area contributed by atoms with Crippen LogP contribution < -0.4 is 19.9 Å². The number of hydrogen-bond acceptors (Lipinski definition) is 5. The van der Waals surface area contributed by atoms with E-state index in [2.05, 4.69) is 0 Å². The minimum Gasteiger partial charge on any atom is -0.493 e. The van der Waals surface area contributed by atoms with Gasteiger partial charge in [-0.2, -0.15) is 11.3 Å². The smallest absolute Gasteiger partial charge is 0.203 e. The van der Waals surface area contributed by atoms with Crippen molar-refractivity contribution >= 4 is 11.3 Å². The maximum Gasteiger partial charge on any atom is 0.203 e. The van der Waals surface area contributed by atoms with E-state index in [1.807, 2.05) is 29.0 Å². The summed E-state index contributed by atoms with van der Waals surface area (Å²) in [5.41, 5.74) is 8.25. The van der Waals surface area contributed by atoms with Crippen LogP contribution in [0.4, 0.5) is 0 Å². The fraction of sp³-hybridized carbons (Fsp3) is 0.286. The molecule has 0 radical (unpaired) electrons. The third kappa shape index (κ3) is 2.67. The molecular weight excluding hydrogens is 262 g/mol. The first-order chi connectivity index (χ1) is 9.21. The van der Waals surface area contributed by atoms with Crippen LogP contribution in [0.3, 0.4) is 0 Å². The van der Waals surface area contributed by atoms with Crippen molar-refractivity contribution in [2.75, 3.05) is 21.3 Å². The van der Waals surface area contributed by atoms with E-state index in [1.54, 1.807) is 32.7 Å². The molecule has 1 atom stereocenters. The first-order valence-corrected chi connectivity index (χ1v) is 6.73. The van der Waals surface area contributed by atoms with Crippen molar-refractivity contribution in [1.29, 1.82) is 0 Å². The lowest BCUT2D eigenvalue weighted by Crippen LogP contribution is -2.11. The van der Waals surface area contributed by atoms with Gasteiger partial charge in [-0.15, -0.1) is 0 Å². The van der Waals surface area contributed by atoms with Crippen LogP contribution in [0.5, 0.6) is 17.2 Å². The van der Waals surface area contributed by atoms with Gasteiger partial charge in [0.15, 0.2) is 11.5 Å². The second kappa shape index (κ2) is 5.95. The van der Waals surface area contributed by atoms with Gasteiger partial charge in [0.2, 0.25) is 5.75 Å². The Labute approximate surface area is 116 Å². The molecule has 1 heterocycles. The highest BCUT2D eigenvalue weighted by Crippen LogP contribution is 2.40. The molecule has 0 fully saturated rings. The highest BCUT2D eigenvalue weighted by atomic mass is 32.1. The normalized spacial score (nSPS) is 12.0. The minimum atomic E-state index is -0.208. The summed E-state index contributed by atoms with van der Waals surface area (Å²) in [6, 6.07) is 5.56. The van der Waals surface area contributed by atoms with Crippen LogP contribution in [0.2, 0.25) is 0 Å². The van der Waals surface area contributed by atoms with E-state index in [-0.39, 0.29) is 6.04 Å². The molecule has 0 saturated carbocycles. The molecule has 0 aliphatic heterocycles. The van der Waals surface area contributed by atoms with Gasteiger partial charge >= 0.3 is 0 Å². The standard InChI is InChI=1S/C14H17NO3S/c1-16-11-6-10(7-12(17-2)14(11)18-3)13(15)9-4-5-19-8-9/h4-8,13H,15H2,1-3H3/t13-/m0/s1. The van der Waals surface area contributed by atoms with Gasteiger partial charge in [-0.05, 0) is 40.1 Å². The number of methoxy groups -OCH3 is 3. The molecule has 5 heteroatoms. The van der Waals surface area contributed by atoms with Gasteiger partial charge in [-0.25, -0.2) is 0 Å². The summed E-state index contributed by atoms with van der Waals surface area (Å²) >= 11 is 1.62. The topological polar surface area (TPSA) is 53.7 Å². The van der Waals surface area contributed by atoms with E-state index in [0.717, 1.165) is 11.1 Å². The summed E-state index contributed by atoms with van der Waals surface area (Å²) < 4.78 is 16.0. The van der Waals surface area contributed by atoms with Crippen LogP contribution in [0.25, 0.3) is 0 Å². The Morgan fingerprint density at radius 1 is 1.00 bits per heavy atom. The van der Waals surface area contributed by atoms with Crippen molar-refractivity contribution in [1.82, 2.24) is 0 Å². The SMILES string of the molecule is COc1cc([C@@H](N)c2ccsc2)cc(OC)c1OC. The van der Waals surface area contributed by atoms with Crippen LogP contribution >= 0.6 is 11.3 Å². The van der Waals surface area contributed by atoms with Crippen molar-refractivity contribution in [2.24, 2.45) is 5.73 Å². The second-order valence-corrected chi connectivity index (χ2v) is 4.77. The zero-order chi connectivity index (χ0) is 13.8. The molecule has 0 aliphatic carbocycles. The van der Waals surface area contributed by atoms with Crippen LogP contribution in [0.1, 0.15) is 17.2 Å². The maximum atomic E-state index is 6.25. The van der Waals surface area contributed by atoms with Gasteiger partial charge in [-0.1, -0.05) is 0 Å². The predicted molar refractivity (Wildman–Crippen MR) is 76.4 cm³/mol. The molecule has 2 N–H and O–H groups in total. The third-order valence-electron chi connectivity index (χ3n) is 2.95. The molecule has 0 saturated heterocycles. The van der Waals surface area contributed by atoms with E-state index in [1.165, 1.54) is 0 Å². The Hall–Kier alpha value is -1.72. The summed E-state index contributed by atoms with van der Waals surface area (Å²) in [7, 11) is 4.77. The van der Waals surface area contributed by atoms with Crippen LogP contribution in [0, 0.1) is 0 Å². The van der Waals surface area contributed by atoms with Gasteiger partial charge in [0.05, 0.1) is 27.4 Å². The van der Waals surface area contributed by atoms with E-state index >= 15 is 0 Å². The molecule has 1 aromatic carbocycles. The van der Waals surface area contributed by atoms with Gasteiger partial charge < -0.3 is 19.9 Å². The largest absolute Gasteiger partial charge is 0.493 e. The highest BCUT2D eigenvalue weighted by molar-refractivity contribution is 7.08. The van der Waals surface area contributed by atoms with E-state index < -0.39 is 0 Å². The Morgan fingerprint density at radius 3 is 2.05 bits per heavy atom. The molecule has 0 unspecified atom stereocenters. The Kier molecular flexibility index (Phi) is 4.29. The van der Waals surface area contributed by atoms with Crippen LogP contribution in [-0.2, 0) is 0 Å². The number of benzene rings is 1. The Bertz CT molecular complexity index is 515. The van der Waals surface area contributed by atoms with E-state index in [9.17, 15) is 0 Å². The molecule has 1 aromatic heterocycles. The van der Waals surface area contributed by atoms with Crippen LogP contribution in [0.15, 0.2) is 29.0 Å². The van der Waals surface area contributed by atoms with Crippen molar-refractivity contribution in [3.05, 3.63) is 40.1 Å². The first-order valence-electron chi connectivity index (χ1n) is 5.78. The molecule has 0 amide bonds. The number of rotatable bonds is 5. The zero-order valence-electron chi connectivity index (χ0n) is 11.2. The zero-order valence-corrected chi connectivity index (χ0v) is 12.0. The highest BCUT2D eigenvalue weighted by Gasteiger charge is 2.17. The number of ether oxygens (including phenoxy) is 3. The lowest BCUT2D eigenvalue weighted by molar-refractivity contribution is 0.323. The van der Waals surface area contributed by atoms with E-state index in [0.29, 0.717) is 17.2 Å². The minimum absolute atomic E-state index is 0.208. The average Bonchev–Trinajstić information content (AvgIpc) is 2.98. The molecule has 0 aliphatic rings. The molecule has 0 bridgehead atoms.